The van der Waals surface area contributed by atoms with E-state index < -0.39 is 0 Å². The van der Waals surface area contributed by atoms with Gasteiger partial charge in [-0.2, -0.15) is 0 Å². The van der Waals surface area contributed by atoms with Crippen molar-refractivity contribution in [2.24, 2.45) is 0 Å². The van der Waals surface area contributed by atoms with Crippen molar-refractivity contribution in [3.8, 4) is 10.9 Å². The number of aromatic nitrogens is 1. The second kappa shape index (κ2) is 5.48. The van der Waals surface area contributed by atoms with E-state index in [0.717, 1.165) is 31.0 Å². The van der Waals surface area contributed by atoms with Gasteiger partial charge in [-0.05, 0) is 17.7 Å². The Bertz CT molecular complexity index is 495. The van der Waals surface area contributed by atoms with E-state index in [-0.39, 0.29) is 6.10 Å². The third-order valence-corrected chi connectivity index (χ3v) is 3.42. The molecular formula is C13H14N2O2S. The molecule has 0 spiro atoms. The van der Waals surface area contributed by atoms with Gasteiger partial charge < -0.3 is 14.8 Å². The molecule has 18 heavy (non-hydrogen) atoms. The second-order valence-corrected chi connectivity index (χ2v) is 4.89. The van der Waals surface area contributed by atoms with E-state index in [1.54, 1.807) is 6.20 Å². The molecular weight excluding hydrogens is 248 g/mol. The lowest BCUT2D eigenvalue weighted by atomic mass is 10.1. The van der Waals surface area contributed by atoms with Crippen molar-refractivity contribution in [2.75, 3.05) is 19.7 Å². The topological polar surface area (TPSA) is 43.4 Å². The fraction of sp³-hybridized carbons (Fsp3) is 0.308. The van der Waals surface area contributed by atoms with E-state index in [9.17, 15) is 0 Å². The van der Waals surface area contributed by atoms with Gasteiger partial charge in [-0.3, -0.25) is 0 Å². The molecule has 1 saturated heterocycles. The Morgan fingerprint density at radius 3 is 3.22 bits per heavy atom. The predicted molar refractivity (Wildman–Crippen MR) is 70.2 cm³/mol. The average Bonchev–Trinajstić information content (AvgIpc) is 2.93. The summed E-state index contributed by atoms with van der Waals surface area (Å²) in [6.45, 7) is 2.52. The quantitative estimate of drug-likeness (QED) is 0.923. The van der Waals surface area contributed by atoms with Crippen molar-refractivity contribution >= 4 is 11.3 Å². The minimum atomic E-state index is 0.110. The van der Waals surface area contributed by atoms with E-state index in [0.29, 0.717) is 5.19 Å². The molecule has 0 saturated carbocycles. The minimum absolute atomic E-state index is 0.110. The number of ether oxygens (including phenoxy) is 2. The van der Waals surface area contributed by atoms with E-state index >= 15 is 0 Å². The molecule has 5 heteroatoms. The smallest absolute Gasteiger partial charge is 0.278 e. The monoisotopic (exact) mass is 262 g/mol. The normalized spacial score (nSPS) is 19.7. The zero-order valence-corrected chi connectivity index (χ0v) is 10.7. The van der Waals surface area contributed by atoms with Crippen molar-refractivity contribution in [1.82, 2.24) is 10.3 Å². The SMILES string of the molecule is c1cc(Oc2nccs2)cc([C@@H]2CNCCO2)c1. The first-order valence-electron chi connectivity index (χ1n) is 5.91. The molecule has 94 valence electrons. The molecule has 2 aromatic rings. The summed E-state index contributed by atoms with van der Waals surface area (Å²) in [5.74, 6) is 0.802. The summed E-state index contributed by atoms with van der Waals surface area (Å²) in [6.07, 6.45) is 1.84. The third kappa shape index (κ3) is 2.69. The van der Waals surface area contributed by atoms with Gasteiger partial charge in [0.05, 0.1) is 12.7 Å². The van der Waals surface area contributed by atoms with Crippen LogP contribution in [0.3, 0.4) is 0 Å². The third-order valence-electron chi connectivity index (χ3n) is 2.77. The van der Waals surface area contributed by atoms with Gasteiger partial charge in [0.1, 0.15) is 5.75 Å². The highest BCUT2D eigenvalue weighted by molar-refractivity contribution is 7.11. The second-order valence-electron chi connectivity index (χ2n) is 4.04. The fourth-order valence-corrected chi connectivity index (χ4v) is 2.42. The molecule has 1 aliphatic rings. The molecule has 2 heterocycles. The standard InChI is InChI=1S/C13H14N2O2S/c1-2-10(12-9-14-4-6-16-12)8-11(3-1)17-13-15-5-7-18-13/h1-3,5,7-8,12,14H,4,6,9H2/t12-/m0/s1. The summed E-state index contributed by atoms with van der Waals surface area (Å²) in [5.41, 5.74) is 1.14. The number of benzene rings is 1. The lowest BCUT2D eigenvalue weighted by molar-refractivity contribution is 0.0276. The zero-order valence-electron chi connectivity index (χ0n) is 9.83. The first kappa shape index (κ1) is 11.6. The average molecular weight is 262 g/mol. The maximum absolute atomic E-state index is 5.72. The molecule has 0 unspecified atom stereocenters. The summed E-state index contributed by atoms with van der Waals surface area (Å²) >= 11 is 1.48. The molecule has 1 fully saturated rings. The number of thiazole rings is 1. The highest BCUT2D eigenvalue weighted by Crippen LogP contribution is 2.27. The first-order chi connectivity index (χ1) is 8.92. The van der Waals surface area contributed by atoms with E-state index in [1.165, 1.54) is 11.3 Å². The first-order valence-corrected chi connectivity index (χ1v) is 6.79. The largest absolute Gasteiger partial charge is 0.431 e. The molecule has 0 amide bonds. The molecule has 0 radical (unpaired) electrons. The maximum atomic E-state index is 5.72. The molecule has 1 aromatic carbocycles. The van der Waals surface area contributed by atoms with E-state index in [1.807, 2.05) is 23.6 Å². The number of morpholine rings is 1. The van der Waals surface area contributed by atoms with Gasteiger partial charge in [0, 0.05) is 24.7 Å². The molecule has 0 aliphatic carbocycles. The van der Waals surface area contributed by atoms with Crippen LogP contribution in [-0.4, -0.2) is 24.7 Å². The lowest BCUT2D eigenvalue weighted by Gasteiger charge is -2.24. The summed E-state index contributed by atoms with van der Waals surface area (Å²) in [7, 11) is 0. The van der Waals surface area contributed by atoms with Gasteiger partial charge in [-0.15, -0.1) is 0 Å². The van der Waals surface area contributed by atoms with Crippen LogP contribution in [0.2, 0.25) is 0 Å². The number of nitrogens with zero attached hydrogens (tertiary/aromatic N) is 1. The van der Waals surface area contributed by atoms with E-state index in [4.69, 9.17) is 9.47 Å². The summed E-state index contributed by atoms with van der Waals surface area (Å²) in [4.78, 5) is 4.11. The predicted octanol–water partition coefficient (Wildman–Crippen LogP) is 2.60. The van der Waals surface area contributed by atoms with Gasteiger partial charge in [-0.25, -0.2) is 4.98 Å². The van der Waals surface area contributed by atoms with Gasteiger partial charge in [0.25, 0.3) is 5.19 Å². The van der Waals surface area contributed by atoms with Crippen LogP contribution >= 0.6 is 11.3 Å². The van der Waals surface area contributed by atoms with Crippen LogP contribution < -0.4 is 10.1 Å². The van der Waals surface area contributed by atoms with Crippen LogP contribution in [-0.2, 0) is 4.74 Å². The molecule has 4 nitrogen and oxygen atoms in total. The summed E-state index contributed by atoms with van der Waals surface area (Å²) < 4.78 is 11.4. The molecule has 1 aromatic heterocycles. The van der Waals surface area contributed by atoms with Crippen molar-refractivity contribution in [3.63, 3.8) is 0 Å². The van der Waals surface area contributed by atoms with Crippen LogP contribution in [0.25, 0.3) is 0 Å². The van der Waals surface area contributed by atoms with E-state index in [2.05, 4.69) is 16.4 Å². The molecule has 0 bridgehead atoms. The Kier molecular flexibility index (Phi) is 3.54. The highest BCUT2D eigenvalue weighted by atomic mass is 32.1. The molecule has 1 N–H and O–H groups in total. The van der Waals surface area contributed by atoms with Crippen molar-refractivity contribution in [3.05, 3.63) is 41.4 Å². The fourth-order valence-electron chi connectivity index (χ4n) is 1.92. The molecule has 1 atom stereocenters. The highest BCUT2D eigenvalue weighted by Gasteiger charge is 2.16. The van der Waals surface area contributed by atoms with Crippen LogP contribution in [0.4, 0.5) is 0 Å². The van der Waals surface area contributed by atoms with Gasteiger partial charge in [-0.1, -0.05) is 23.5 Å². The Labute approximate surface area is 110 Å². The minimum Gasteiger partial charge on any atom is -0.431 e. The maximum Gasteiger partial charge on any atom is 0.278 e. The van der Waals surface area contributed by atoms with Crippen molar-refractivity contribution in [2.45, 2.75) is 6.10 Å². The lowest BCUT2D eigenvalue weighted by Crippen LogP contribution is -2.33. The molecule has 3 rings (SSSR count). The van der Waals surface area contributed by atoms with Crippen LogP contribution in [0.1, 0.15) is 11.7 Å². The van der Waals surface area contributed by atoms with Gasteiger partial charge in [0.2, 0.25) is 0 Å². The molecule has 1 aliphatic heterocycles. The number of hydrogen-bond donors (Lipinski definition) is 1. The number of nitrogens with one attached hydrogen (secondary N) is 1. The van der Waals surface area contributed by atoms with Gasteiger partial charge in [0.15, 0.2) is 0 Å². The van der Waals surface area contributed by atoms with Crippen molar-refractivity contribution < 1.29 is 9.47 Å². The Morgan fingerprint density at radius 1 is 1.44 bits per heavy atom. The van der Waals surface area contributed by atoms with Gasteiger partial charge >= 0.3 is 0 Å². The number of rotatable bonds is 3. The summed E-state index contributed by atoms with van der Waals surface area (Å²) in [6, 6.07) is 7.99. The Morgan fingerprint density at radius 2 is 2.44 bits per heavy atom. The Balaban J connectivity index is 1.76. The number of hydrogen-bond acceptors (Lipinski definition) is 5. The summed E-state index contributed by atoms with van der Waals surface area (Å²) in [5, 5.41) is 5.88. The van der Waals surface area contributed by atoms with Crippen LogP contribution in [0, 0.1) is 0 Å². The van der Waals surface area contributed by atoms with Crippen LogP contribution in [0.15, 0.2) is 35.8 Å². The Hall–Kier alpha value is -1.43. The van der Waals surface area contributed by atoms with Crippen LogP contribution in [0.5, 0.6) is 10.9 Å². The zero-order chi connectivity index (χ0) is 12.2. The van der Waals surface area contributed by atoms with Crippen molar-refractivity contribution in [1.29, 1.82) is 0 Å².